The first-order chi connectivity index (χ1) is 13.5. The van der Waals surface area contributed by atoms with E-state index < -0.39 is 0 Å². The average molecular weight is 395 g/mol. The maximum Gasteiger partial charge on any atom is 0.283 e. The molecule has 3 rings (SSSR count). The first-order valence-electron chi connectivity index (χ1n) is 8.92. The summed E-state index contributed by atoms with van der Waals surface area (Å²) < 4.78 is 5.78. The smallest absolute Gasteiger partial charge is 0.283 e. The summed E-state index contributed by atoms with van der Waals surface area (Å²) in [5.74, 6) is 0.467. The van der Waals surface area contributed by atoms with E-state index in [0.29, 0.717) is 28.7 Å². The minimum atomic E-state index is -0.305. The Balaban J connectivity index is 1.53. The van der Waals surface area contributed by atoms with Crippen molar-refractivity contribution in [3.8, 4) is 5.75 Å². The summed E-state index contributed by atoms with van der Waals surface area (Å²) in [7, 11) is 0. The van der Waals surface area contributed by atoms with Crippen molar-refractivity contribution in [1.82, 2.24) is 10.4 Å². The third kappa shape index (κ3) is 5.17. The Bertz CT molecular complexity index is 963. The Morgan fingerprint density at radius 1 is 1.21 bits per heavy atom. The van der Waals surface area contributed by atoms with Gasteiger partial charge < -0.3 is 10.5 Å². The van der Waals surface area contributed by atoms with E-state index in [1.54, 1.807) is 6.21 Å². The van der Waals surface area contributed by atoms with Crippen LogP contribution in [0.1, 0.15) is 39.0 Å². The fourth-order valence-electron chi connectivity index (χ4n) is 2.50. The van der Waals surface area contributed by atoms with Gasteiger partial charge in [0, 0.05) is 0 Å². The highest BCUT2D eigenvalue weighted by atomic mass is 32.1. The van der Waals surface area contributed by atoms with Crippen molar-refractivity contribution in [3.63, 3.8) is 0 Å². The summed E-state index contributed by atoms with van der Waals surface area (Å²) in [4.78, 5) is 16.8. The van der Waals surface area contributed by atoms with Gasteiger partial charge in [0.25, 0.3) is 5.91 Å². The quantitative estimate of drug-likeness (QED) is 0.469. The van der Waals surface area contributed by atoms with Crippen LogP contribution in [0.5, 0.6) is 5.75 Å². The number of nitrogens with one attached hydrogen (secondary N) is 1. The molecule has 0 fully saturated rings. The molecule has 7 heteroatoms. The topological polar surface area (TPSA) is 89.6 Å². The normalized spacial score (nSPS) is 10.9. The molecule has 0 aliphatic rings. The number of rotatable bonds is 7. The second kappa shape index (κ2) is 9.14. The van der Waals surface area contributed by atoms with Gasteiger partial charge in [0.1, 0.15) is 17.2 Å². The molecule has 0 saturated carbocycles. The van der Waals surface area contributed by atoms with Crippen LogP contribution < -0.4 is 15.9 Å². The number of nitrogen functional groups attached to an aromatic ring is 1. The SMILES string of the molecule is CCc1nc(N)sc1C(=O)N/N=C\c1ccc(OCc2ccc(C)cc2)cc1. The largest absolute Gasteiger partial charge is 0.489 e. The van der Waals surface area contributed by atoms with Crippen molar-refractivity contribution in [1.29, 1.82) is 0 Å². The predicted octanol–water partition coefficient (Wildman–Crippen LogP) is 3.94. The molecule has 0 atom stereocenters. The van der Waals surface area contributed by atoms with E-state index in [4.69, 9.17) is 10.5 Å². The number of ether oxygens (including phenoxy) is 1. The standard InChI is InChI=1S/C21H22N4O2S/c1-3-18-19(28-21(22)24-18)20(26)25-23-12-15-8-10-17(11-9-15)27-13-16-6-4-14(2)5-7-16/h4-12H,3,13H2,1-2H3,(H2,22,24)(H,25,26)/b23-12-. The number of nitrogens with two attached hydrogens (primary N) is 1. The second-order valence-electron chi connectivity index (χ2n) is 6.22. The van der Waals surface area contributed by atoms with Crippen LogP contribution in [0, 0.1) is 6.92 Å². The Morgan fingerprint density at radius 2 is 1.93 bits per heavy atom. The number of benzene rings is 2. The molecule has 0 aliphatic carbocycles. The van der Waals surface area contributed by atoms with Gasteiger partial charge in [-0.25, -0.2) is 10.4 Å². The van der Waals surface area contributed by atoms with Gasteiger partial charge in [-0.05, 0) is 48.7 Å². The maximum absolute atomic E-state index is 12.2. The van der Waals surface area contributed by atoms with Crippen molar-refractivity contribution in [2.75, 3.05) is 5.73 Å². The number of amides is 1. The molecule has 0 radical (unpaired) electrons. The molecule has 0 aliphatic heterocycles. The maximum atomic E-state index is 12.2. The average Bonchev–Trinajstić information content (AvgIpc) is 3.09. The zero-order chi connectivity index (χ0) is 19.9. The lowest BCUT2D eigenvalue weighted by Gasteiger charge is -2.06. The van der Waals surface area contributed by atoms with Gasteiger partial charge in [0.2, 0.25) is 0 Å². The molecule has 6 nitrogen and oxygen atoms in total. The number of aryl methyl sites for hydroxylation is 2. The highest BCUT2D eigenvalue weighted by molar-refractivity contribution is 7.17. The van der Waals surface area contributed by atoms with Crippen LogP contribution >= 0.6 is 11.3 Å². The summed E-state index contributed by atoms with van der Waals surface area (Å²) in [6.45, 7) is 4.50. The number of hydrogen-bond acceptors (Lipinski definition) is 6. The summed E-state index contributed by atoms with van der Waals surface area (Å²) >= 11 is 1.16. The van der Waals surface area contributed by atoms with Gasteiger partial charge >= 0.3 is 0 Å². The molecular formula is C21H22N4O2S. The highest BCUT2D eigenvalue weighted by Crippen LogP contribution is 2.20. The van der Waals surface area contributed by atoms with E-state index in [0.717, 1.165) is 28.2 Å². The van der Waals surface area contributed by atoms with Crippen molar-refractivity contribution in [3.05, 3.63) is 75.8 Å². The number of thiazole rings is 1. The van der Waals surface area contributed by atoms with Crippen LogP contribution in [0.3, 0.4) is 0 Å². The summed E-state index contributed by atoms with van der Waals surface area (Å²) in [5, 5.41) is 4.39. The molecule has 0 bridgehead atoms. The van der Waals surface area contributed by atoms with Gasteiger partial charge in [-0.1, -0.05) is 48.1 Å². The summed E-state index contributed by atoms with van der Waals surface area (Å²) in [5.41, 5.74) is 12.1. The van der Waals surface area contributed by atoms with Crippen molar-refractivity contribution in [2.24, 2.45) is 5.10 Å². The Morgan fingerprint density at radius 3 is 2.61 bits per heavy atom. The van der Waals surface area contributed by atoms with Crippen LogP contribution in [0.15, 0.2) is 53.6 Å². The minimum absolute atomic E-state index is 0.305. The molecule has 28 heavy (non-hydrogen) atoms. The number of nitrogens with zero attached hydrogens (tertiary/aromatic N) is 2. The molecule has 0 spiro atoms. The molecule has 0 unspecified atom stereocenters. The first kappa shape index (κ1) is 19.6. The molecule has 1 amide bonds. The zero-order valence-electron chi connectivity index (χ0n) is 15.8. The number of anilines is 1. The lowest BCUT2D eigenvalue weighted by atomic mass is 10.2. The number of carbonyl (C=O) groups excluding carboxylic acids is 1. The zero-order valence-corrected chi connectivity index (χ0v) is 16.6. The van der Waals surface area contributed by atoms with Gasteiger partial charge in [-0.15, -0.1) is 0 Å². The number of carbonyl (C=O) groups is 1. The Labute approximate surface area is 168 Å². The molecule has 0 saturated heterocycles. The lowest BCUT2D eigenvalue weighted by Crippen LogP contribution is -2.17. The minimum Gasteiger partial charge on any atom is -0.489 e. The fourth-order valence-corrected chi connectivity index (χ4v) is 3.32. The lowest BCUT2D eigenvalue weighted by molar-refractivity contribution is 0.0958. The Hall–Kier alpha value is -3.19. The second-order valence-corrected chi connectivity index (χ2v) is 7.25. The van der Waals surface area contributed by atoms with Crippen LogP contribution in [-0.4, -0.2) is 17.1 Å². The van der Waals surface area contributed by atoms with E-state index >= 15 is 0 Å². The fraction of sp³-hybridized carbons (Fsp3) is 0.190. The third-order valence-corrected chi connectivity index (χ3v) is 4.97. The molecule has 144 valence electrons. The predicted molar refractivity (Wildman–Crippen MR) is 113 cm³/mol. The van der Waals surface area contributed by atoms with Crippen molar-refractivity contribution >= 4 is 28.6 Å². The Kier molecular flexibility index (Phi) is 6.39. The number of hydrazone groups is 1. The molecule has 1 aromatic heterocycles. The number of aromatic nitrogens is 1. The summed E-state index contributed by atoms with van der Waals surface area (Å²) in [6.07, 6.45) is 2.22. The van der Waals surface area contributed by atoms with Crippen LogP contribution in [0.25, 0.3) is 0 Å². The van der Waals surface area contributed by atoms with Crippen molar-refractivity contribution < 1.29 is 9.53 Å². The summed E-state index contributed by atoms with van der Waals surface area (Å²) in [6, 6.07) is 15.7. The van der Waals surface area contributed by atoms with Gasteiger partial charge in [-0.2, -0.15) is 5.10 Å². The first-order valence-corrected chi connectivity index (χ1v) is 9.73. The van der Waals surface area contributed by atoms with E-state index in [1.165, 1.54) is 5.56 Å². The van der Waals surface area contributed by atoms with E-state index in [-0.39, 0.29) is 5.91 Å². The van der Waals surface area contributed by atoms with Gasteiger partial charge in [0.05, 0.1) is 11.9 Å². The number of hydrogen-bond donors (Lipinski definition) is 2. The van der Waals surface area contributed by atoms with E-state index in [2.05, 4.69) is 46.7 Å². The molecule has 1 heterocycles. The van der Waals surface area contributed by atoms with Gasteiger partial charge in [0.15, 0.2) is 5.13 Å². The van der Waals surface area contributed by atoms with E-state index in [9.17, 15) is 4.79 Å². The van der Waals surface area contributed by atoms with Crippen LogP contribution in [-0.2, 0) is 13.0 Å². The van der Waals surface area contributed by atoms with Crippen LogP contribution in [0.4, 0.5) is 5.13 Å². The molecule has 2 aromatic carbocycles. The van der Waals surface area contributed by atoms with Crippen LogP contribution in [0.2, 0.25) is 0 Å². The van der Waals surface area contributed by atoms with Crippen molar-refractivity contribution in [2.45, 2.75) is 26.9 Å². The molecule has 3 N–H and O–H groups in total. The third-order valence-electron chi connectivity index (χ3n) is 4.04. The highest BCUT2D eigenvalue weighted by Gasteiger charge is 2.15. The molecular weight excluding hydrogens is 372 g/mol. The van der Waals surface area contributed by atoms with Gasteiger partial charge in [-0.3, -0.25) is 4.79 Å². The van der Waals surface area contributed by atoms with E-state index in [1.807, 2.05) is 31.2 Å². The monoisotopic (exact) mass is 394 g/mol. The molecule has 3 aromatic rings.